The summed E-state index contributed by atoms with van der Waals surface area (Å²) in [4.78, 5) is 36.4. The minimum atomic E-state index is -1.06. The molecule has 11 heteroatoms. The highest BCUT2D eigenvalue weighted by Crippen LogP contribution is 2.22. The van der Waals surface area contributed by atoms with Crippen LogP contribution in [0, 0.1) is 11.3 Å². The quantitative estimate of drug-likeness (QED) is 0.468. The smallest absolute Gasteiger partial charge is 0.329 e. The number of phenols is 1. The van der Waals surface area contributed by atoms with Crippen LogP contribution in [0.15, 0.2) is 30.3 Å². The van der Waals surface area contributed by atoms with Gasteiger partial charge in [0.2, 0.25) is 0 Å². The molecule has 0 saturated carbocycles. The molecule has 2 aromatic rings. The number of halogens is 1. The maximum atomic E-state index is 12.4. The Bertz CT molecular complexity index is 941. The number of hydrogen-bond donors (Lipinski definition) is 4. The van der Waals surface area contributed by atoms with E-state index in [2.05, 4.69) is 15.4 Å². The second kappa shape index (κ2) is 11.0. The number of carbonyl (C=O) groups excluding carboxylic acids is 3. The van der Waals surface area contributed by atoms with Gasteiger partial charge in [0, 0.05) is 13.1 Å². The number of thiophene rings is 1. The number of ether oxygens (including phenoxy) is 1. The number of nitrogens with one attached hydrogen (secondary N) is 2. The molecular formula is C18H19ClN4O5S. The SMILES string of the molecule is COC(=O)C(CN)NC(=O)c1sc(C(=O)NCc2cccc(O)c2)cc1C#N.Cl. The molecule has 1 heterocycles. The first-order valence-corrected chi connectivity index (χ1v) is 8.90. The summed E-state index contributed by atoms with van der Waals surface area (Å²) >= 11 is 0.821. The molecule has 1 aromatic heterocycles. The summed E-state index contributed by atoms with van der Waals surface area (Å²) in [5.74, 6) is -1.81. The van der Waals surface area contributed by atoms with Gasteiger partial charge in [0.15, 0.2) is 0 Å². The van der Waals surface area contributed by atoms with Crippen LogP contribution in [0.5, 0.6) is 5.75 Å². The molecule has 9 nitrogen and oxygen atoms in total. The fourth-order valence-corrected chi connectivity index (χ4v) is 3.20. The van der Waals surface area contributed by atoms with Crippen molar-refractivity contribution in [2.24, 2.45) is 5.73 Å². The van der Waals surface area contributed by atoms with Crippen molar-refractivity contribution in [1.82, 2.24) is 10.6 Å². The molecule has 0 spiro atoms. The molecule has 2 amide bonds. The third-order valence-electron chi connectivity index (χ3n) is 3.67. The molecule has 154 valence electrons. The monoisotopic (exact) mass is 438 g/mol. The van der Waals surface area contributed by atoms with E-state index in [1.165, 1.54) is 18.2 Å². The van der Waals surface area contributed by atoms with Gasteiger partial charge in [-0.25, -0.2) is 4.79 Å². The Labute approximate surface area is 176 Å². The van der Waals surface area contributed by atoms with E-state index in [4.69, 9.17) is 5.73 Å². The van der Waals surface area contributed by atoms with E-state index in [9.17, 15) is 24.8 Å². The Morgan fingerprint density at radius 3 is 2.62 bits per heavy atom. The van der Waals surface area contributed by atoms with Gasteiger partial charge in [-0.1, -0.05) is 12.1 Å². The first kappa shape index (κ1) is 23.9. The first-order valence-electron chi connectivity index (χ1n) is 8.08. The lowest BCUT2D eigenvalue weighted by Crippen LogP contribution is -2.46. The molecule has 1 atom stereocenters. The van der Waals surface area contributed by atoms with Crippen molar-refractivity contribution in [1.29, 1.82) is 5.26 Å². The van der Waals surface area contributed by atoms with E-state index in [1.54, 1.807) is 12.1 Å². The van der Waals surface area contributed by atoms with Crippen LogP contribution in [-0.2, 0) is 16.1 Å². The van der Waals surface area contributed by atoms with Gasteiger partial charge in [-0.15, -0.1) is 23.7 Å². The second-order valence-corrected chi connectivity index (χ2v) is 6.65. The Morgan fingerprint density at radius 1 is 1.31 bits per heavy atom. The number of amides is 2. The van der Waals surface area contributed by atoms with Gasteiger partial charge in [-0.2, -0.15) is 5.26 Å². The average molecular weight is 439 g/mol. The van der Waals surface area contributed by atoms with Crippen molar-refractivity contribution in [3.05, 3.63) is 51.2 Å². The minimum Gasteiger partial charge on any atom is -0.508 e. The van der Waals surface area contributed by atoms with Crippen LogP contribution in [0.4, 0.5) is 0 Å². The molecule has 0 radical (unpaired) electrons. The number of nitrogens with zero attached hydrogens (tertiary/aromatic N) is 1. The van der Waals surface area contributed by atoms with Crippen molar-refractivity contribution in [2.45, 2.75) is 12.6 Å². The minimum absolute atomic E-state index is 0. The molecular weight excluding hydrogens is 420 g/mol. The van der Waals surface area contributed by atoms with Crippen LogP contribution >= 0.6 is 23.7 Å². The van der Waals surface area contributed by atoms with Crippen LogP contribution in [0.2, 0.25) is 0 Å². The maximum absolute atomic E-state index is 12.4. The molecule has 0 aliphatic heterocycles. The normalized spacial score (nSPS) is 10.8. The van der Waals surface area contributed by atoms with Crippen LogP contribution in [0.3, 0.4) is 0 Å². The Balaban J connectivity index is 0.00000420. The summed E-state index contributed by atoms with van der Waals surface area (Å²) < 4.78 is 4.55. The van der Waals surface area contributed by atoms with Crippen molar-refractivity contribution >= 4 is 41.5 Å². The lowest BCUT2D eigenvalue weighted by molar-refractivity contribution is -0.142. The van der Waals surface area contributed by atoms with Crippen LogP contribution in [0.1, 0.15) is 30.5 Å². The molecule has 1 unspecified atom stereocenters. The number of nitrogens with two attached hydrogens (primary N) is 1. The number of rotatable bonds is 7. The van der Waals surface area contributed by atoms with Gasteiger partial charge < -0.3 is 26.2 Å². The molecule has 1 aromatic carbocycles. The van der Waals surface area contributed by atoms with E-state index < -0.39 is 23.8 Å². The summed E-state index contributed by atoms with van der Waals surface area (Å²) in [6, 6.07) is 8.49. The second-order valence-electron chi connectivity index (χ2n) is 5.60. The van der Waals surface area contributed by atoms with Gasteiger partial charge in [-0.05, 0) is 23.8 Å². The van der Waals surface area contributed by atoms with E-state index in [0.717, 1.165) is 18.4 Å². The topological polar surface area (TPSA) is 155 Å². The molecule has 29 heavy (non-hydrogen) atoms. The van der Waals surface area contributed by atoms with E-state index in [0.29, 0.717) is 5.56 Å². The number of hydrogen-bond acceptors (Lipinski definition) is 8. The molecule has 0 aliphatic carbocycles. The largest absolute Gasteiger partial charge is 0.508 e. The van der Waals surface area contributed by atoms with E-state index in [-0.39, 0.29) is 46.6 Å². The third-order valence-corrected chi connectivity index (χ3v) is 4.81. The summed E-state index contributed by atoms with van der Waals surface area (Å²) in [7, 11) is 1.16. The number of aromatic hydroxyl groups is 1. The highest BCUT2D eigenvalue weighted by Gasteiger charge is 2.25. The summed E-state index contributed by atoms with van der Waals surface area (Å²) in [5.41, 5.74) is 6.14. The van der Waals surface area contributed by atoms with E-state index in [1.807, 2.05) is 6.07 Å². The first-order chi connectivity index (χ1) is 13.4. The molecule has 2 rings (SSSR count). The molecule has 0 fully saturated rings. The summed E-state index contributed by atoms with van der Waals surface area (Å²) in [5, 5.41) is 23.7. The van der Waals surface area contributed by atoms with E-state index >= 15 is 0 Å². The Kier molecular flexibility index (Phi) is 9.08. The van der Waals surface area contributed by atoms with Crippen molar-refractivity contribution in [3.63, 3.8) is 0 Å². The predicted octanol–water partition coefficient (Wildman–Crippen LogP) is 0.907. The van der Waals surface area contributed by atoms with Crippen molar-refractivity contribution in [2.75, 3.05) is 13.7 Å². The molecule has 0 saturated heterocycles. The number of nitriles is 1. The van der Waals surface area contributed by atoms with Crippen LogP contribution in [-0.4, -0.2) is 42.6 Å². The Morgan fingerprint density at radius 2 is 2.03 bits per heavy atom. The van der Waals surface area contributed by atoms with Crippen LogP contribution in [0.25, 0.3) is 0 Å². The van der Waals surface area contributed by atoms with Gasteiger partial charge in [0.1, 0.15) is 22.7 Å². The maximum Gasteiger partial charge on any atom is 0.329 e. The third kappa shape index (κ3) is 6.18. The summed E-state index contributed by atoms with van der Waals surface area (Å²) in [6.07, 6.45) is 0. The van der Waals surface area contributed by atoms with Crippen molar-refractivity contribution in [3.8, 4) is 11.8 Å². The van der Waals surface area contributed by atoms with Crippen LogP contribution < -0.4 is 16.4 Å². The number of methoxy groups -OCH3 is 1. The molecule has 0 aliphatic rings. The fraction of sp³-hybridized carbons (Fsp3) is 0.222. The number of benzene rings is 1. The number of phenolic OH excluding ortho intramolecular Hbond substituents is 1. The zero-order valence-electron chi connectivity index (χ0n) is 15.3. The zero-order valence-corrected chi connectivity index (χ0v) is 16.9. The lowest BCUT2D eigenvalue weighted by Gasteiger charge is -2.13. The zero-order chi connectivity index (χ0) is 20.7. The van der Waals surface area contributed by atoms with Crippen molar-refractivity contribution < 1.29 is 24.2 Å². The highest BCUT2D eigenvalue weighted by molar-refractivity contribution is 7.16. The van der Waals surface area contributed by atoms with Gasteiger partial charge in [0.25, 0.3) is 11.8 Å². The van der Waals surface area contributed by atoms with Gasteiger partial charge in [0.05, 0.1) is 17.6 Å². The number of carbonyl (C=O) groups is 3. The molecule has 0 bridgehead atoms. The average Bonchev–Trinajstić information content (AvgIpc) is 3.14. The standard InChI is InChI=1S/C18H18N4O5S.ClH/c1-27-18(26)13(8-20)22-17(25)15-11(7-19)6-14(28-15)16(24)21-9-10-3-2-4-12(23)5-10;/h2-6,13,23H,8-9,20H2,1H3,(H,21,24)(H,22,25);1H. The molecule has 5 N–H and O–H groups in total. The fourth-order valence-electron chi connectivity index (χ4n) is 2.27. The van der Waals surface area contributed by atoms with Gasteiger partial charge >= 0.3 is 5.97 Å². The summed E-state index contributed by atoms with van der Waals surface area (Å²) in [6.45, 7) is -0.0188. The van der Waals surface area contributed by atoms with Gasteiger partial charge in [-0.3, -0.25) is 9.59 Å². The predicted molar refractivity (Wildman–Crippen MR) is 108 cm³/mol. The Hall–Kier alpha value is -3.13. The lowest BCUT2D eigenvalue weighted by atomic mass is 10.2. The number of esters is 1. The highest BCUT2D eigenvalue weighted by atomic mass is 35.5.